The highest BCUT2D eigenvalue weighted by Crippen LogP contribution is 2.36. The summed E-state index contributed by atoms with van der Waals surface area (Å²) in [4.78, 5) is 4.24. The first kappa shape index (κ1) is 17.5. The molecule has 1 saturated heterocycles. The van der Waals surface area contributed by atoms with E-state index in [1.165, 1.54) is 0 Å². The second-order valence-electron chi connectivity index (χ2n) is 5.88. The van der Waals surface area contributed by atoms with Crippen molar-refractivity contribution in [3.8, 4) is 11.5 Å². The Morgan fingerprint density at radius 3 is 3.00 bits per heavy atom. The highest BCUT2D eigenvalue weighted by molar-refractivity contribution is 5.47. The van der Waals surface area contributed by atoms with Gasteiger partial charge in [0.1, 0.15) is 6.10 Å². The first-order valence-corrected chi connectivity index (χ1v) is 8.49. The van der Waals surface area contributed by atoms with Crippen molar-refractivity contribution in [1.82, 2.24) is 10.3 Å². The van der Waals surface area contributed by atoms with E-state index < -0.39 is 0 Å². The van der Waals surface area contributed by atoms with Gasteiger partial charge in [0.05, 0.1) is 13.7 Å². The van der Waals surface area contributed by atoms with E-state index in [0.29, 0.717) is 18.8 Å². The van der Waals surface area contributed by atoms with E-state index in [0.717, 1.165) is 30.0 Å². The maximum Gasteiger partial charge on any atom is 0.165 e. The molecule has 2 atom stereocenters. The van der Waals surface area contributed by atoms with Crippen LogP contribution in [0.4, 0.5) is 0 Å². The van der Waals surface area contributed by atoms with Gasteiger partial charge in [-0.3, -0.25) is 4.98 Å². The van der Waals surface area contributed by atoms with Crippen molar-refractivity contribution in [1.29, 1.82) is 0 Å². The molecule has 1 aromatic carbocycles. The Hall–Kier alpha value is -2.37. The van der Waals surface area contributed by atoms with Crippen LogP contribution in [0.15, 0.2) is 55.4 Å². The molecule has 0 radical (unpaired) electrons. The lowest BCUT2D eigenvalue weighted by Crippen LogP contribution is -2.43. The first-order valence-electron chi connectivity index (χ1n) is 8.49. The summed E-state index contributed by atoms with van der Waals surface area (Å²) in [6.45, 7) is 6.08. The molecule has 0 saturated carbocycles. The minimum absolute atomic E-state index is 0.0977. The van der Waals surface area contributed by atoms with Crippen molar-refractivity contribution in [2.75, 3.05) is 26.8 Å². The van der Waals surface area contributed by atoms with Crippen molar-refractivity contribution in [3.63, 3.8) is 0 Å². The number of morpholine rings is 1. The fourth-order valence-electron chi connectivity index (χ4n) is 2.98. The number of aromatic nitrogens is 1. The second kappa shape index (κ2) is 8.65. The monoisotopic (exact) mass is 340 g/mol. The Morgan fingerprint density at radius 1 is 1.40 bits per heavy atom. The number of hydrogen-bond acceptors (Lipinski definition) is 5. The number of nitrogens with one attached hydrogen (secondary N) is 1. The van der Waals surface area contributed by atoms with Gasteiger partial charge in [0.15, 0.2) is 17.6 Å². The van der Waals surface area contributed by atoms with Crippen LogP contribution in [-0.2, 0) is 11.2 Å². The van der Waals surface area contributed by atoms with Gasteiger partial charge in [-0.25, -0.2) is 0 Å². The summed E-state index contributed by atoms with van der Waals surface area (Å²) < 4.78 is 18.0. The Kier molecular flexibility index (Phi) is 6.04. The average Bonchev–Trinajstić information content (AvgIpc) is 2.68. The van der Waals surface area contributed by atoms with E-state index in [-0.39, 0.29) is 12.2 Å². The van der Waals surface area contributed by atoms with Crippen LogP contribution in [0.5, 0.6) is 11.5 Å². The lowest BCUT2D eigenvalue weighted by Gasteiger charge is -2.32. The quantitative estimate of drug-likeness (QED) is 0.786. The third-order valence-corrected chi connectivity index (χ3v) is 4.20. The number of allylic oxidation sites excluding steroid dienone is 1. The molecule has 25 heavy (non-hydrogen) atoms. The van der Waals surface area contributed by atoms with Crippen LogP contribution in [0.3, 0.4) is 0 Å². The molecule has 2 aromatic rings. The fourth-order valence-corrected chi connectivity index (χ4v) is 2.98. The van der Waals surface area contributed by atoms with Crippen LogP contribution in [0.1, 0.15) is 17.2 Å². The second-order valence-corrected chi connectivity index (χ2v) is 5.88. The molecule has 5 heteroatoms. The zero-order chi connectivity index (χ0) is 17.5. The molecular formula is C20H24N2O3. The molecule has 1 N–H and O–H groups in total. The fraction of sp³-hybridized carbons (Fsp3) is 0.350. The summed E-state index contributed by atoms with van der Waals surface area (Å²) >= 11 is 0. The Bertz CT molecular complexity index is 685. The van der Waals surface area contributed by atoms with Crippen molar-refractivity contribution in [2.45, 2.75) is 18.6 Å². The van der Waals surface area contributed by atoms with Crippen LogP contribution in [0, 0.1) is 0 Å². The van der Waals surface area contributed by atoms with E-state index in [9.17, 15) is 0 Å². The average molecular weight is 340 g/mol. The minimum Gasteiger partial charge on any atom is -0.493 e. The van der Waals surface area contributed by atoms with E-state index in [1.54, 1.807) is 13.3 Å². The molecular weight excluding hydrogens is 316 g/mol. The standard InChI is InChI=1S/C20H24N2O3/c1-3-6-15-7-4-9-17(23-2)19(15)25-20(16-8-5-10-21-13-16)18-14-22-11-12-24-18/h3-5,7-10,13,18,20,22H,1,6,11-12,14H2,2H3. The Labute approximate surface area is 148 Å². The first-order chi connectivity index (χ1) is 12.3. The summed E-state index contributed by atoms with van der Waals surface area (Å²) in [5, 5.41) is 3.37. The molecule has 3 rings (SSSR count). The van der Waals surface area contributed by atoms with Crippen LogP contribution in [0.25, 0.3) is 0 Å². The number of nitrogens with zero attached hydrogens (tertiary/aromatic N) is 1. The largest absolute Gasteiger partial charge is 0.493 e. The van der Waals surface area contributed by atoms with Crippen molar-refractivity contribution in [2.24, 2.45) is 0 Å². The number of pyridine rings is 1. The van der Waals surface area contributed by atoms with Gasteiger partial charge in [-0.2, -0.15) is 0 Å². The molecule has 1 aromatic heterocycles. The van der Waals surface area contributed by atoms with E-state index in [2.05, 4.69) is 16.9 Å². The van der Waals surface area contributed by atoms with Gasteiger partial charge in [0.25, 0.3) is 0 Å². The summed E-state index contributed by atoms with van der Waals surface area (Å²) in [5.74, 6) is 1.44. The predicted molar refractivity (Wildman–Crippen MR) is 97.1 cm³/mol. The summed E-state index contributed by atoms with van der Waals surface area (Å²) in [7, 11) is 1.65. The number of rotatable bonds is 7. The van der Waals surface area contributed by atoms with E-state index in [4.69, 9.17) is 14.2 Å². The highest BCUT2D eigenvalue weighted by atomic mass is 16.6. The summed E-state index contributed by atoms with van der Waals surface area (Å²) in [5.41, 5.74) is 2.01. The molecule has 1 fully saturated rings. The van der Waals surface area contributed by atoms with Gasteiger partial charge in [-0.15, -0.1) is 6.58 Å². The van der Waals surface area contributed by atoms with Gasteiger partial charge in [0, 0.05) is 36.6 Å². The molecule has 2 heterocycles. The van der Waals surface area contributed by atoms with Gasteiger partial charge < -0.3 is 19.5 Å². The lowest BCUT2D eigenvalue weighted by molar-refractivity contribution is -0.0441. The van der Waals surface area contributed by atoms with Crippen LogP contribution >= 0.6 is 0 Å². The summed E-state index contributed by atoms with van der Waals surface area (Å²) in [6.07, 6.45) is 5.77. The lowest BCUT2D eigenvalue weighted by atomic mass is 10.0. The zero-order valence-electron chi connectivity index (χ0n) is 14.5. The molecule has 2 unspecified atom stereocenters. The molecule has 132 valence electrons. The number of hydrogen-bond donors (Lipinski definition) is 1. The number of benzene rings is 1. The van der Waals surface area contributed by atoms with Crippen LogP contribution in [-0.4, -0.2) is 37.9 Å². The maximum atomic E-state index is 6.47. The van der Waals surface area contributed by atoms with Crippen molar-refractivity contribution in [3.05, 3.63) is 66.5 Å². The molecule has 0 aliphatic carbocycles. The predicted octanol–water partition coefficient (Wildman–Crippen LogP) is 2.93. The van der Waals surface area contributed by atoms with Gasteiger partial charge in [0.2, 0.25) is 0 Å². The molecule has 0 bridgehead atoms. The van der Waals surface area contributed by atoms with Crippen LogP contribution in [0.2, 0.25) is 0 Å². The molecule has 1 aliphatic rings. The normalized spacial score (nSPS) is 18.4. The minimum atomic E-state index is -0.277. The number of para-hydroxylation sites is 1. The van der Waals surface area contributed by atoms with Gasteiger partial charge in [-0.05, 0) is 18.6 Å². The molecule has 5 nitrogen and oxygen atoms in total. The van der Waals surface area contributed by atoms with Crippen molar-refractivity contribution >= 4 is 0 Å². The van der Waals surface area contributed by atoms with Crippen LogP contribution < -0.4 is 14.8 Å². The van der Waals surface area contributed by atoms with Crippen molar-refractivity contribution < 1.29 is 14.2 Å². The zero-order valence-corrected chi connectivity index (χ0v) is 14.5. The third-order valence-electron chi connectivity index (χ3n) is 4.20. The van der Waals surface area contributed by atoms with Gasteiger partial charge in [-0.1, -0.05) is 24.3 Å². The summed E-state index contributed by atoms with van der Waals surface area (Å²) in [6, 6.07) is 9.82. The molecule has 1 aliphatic heterocycles. The Balaban J connectivity index is 1.96. The maximum absolute atomic E-state index is 6.47. The number of ether oxygens (including phenoxy) is 3. The topological polar surface area (TPSA) is 52.6 Å². The Morgan fingerprint density at radius 2 is 2.32 bits per heavy atom. The van der Waals surface area contributed by atoms with Gasteiger partial charge >= 0.3 is 0 Å². The third kappa shape index (κ3) is 4.18. The SMILES string of the molecule is C=CCc1cccc(OC)c1OC(c1cccnc1)C1CNCCO1. The van der Waals surface area contributed by atoms with E-state index in [1.807, 2.05) is 42.6 Å². The highest BCUT2D eigenvalue weighted by Gasteiger charge is 2.29. The molecule has 0 spiro atoms. The molecule has 0 amide bonds. The number of methoxy groups -OCH3 is 1. The smallest absolute Gasteiger partial charge is 0.165 e. The van der Waals surface area contributed by atoms with E-state index >= 15 is 0 Å².